The lowest BCUT2D eigenvalue weighted by atomic mass is 9.97. The van der Waals surface area contributed by atoms with Gasteiger partial charge in [-0.15, -0.1) is 11.3 Å². The number of aromatic nitrogens is 3. The zero-order valence-electron chi connectivity index (χ0n) is 27.1. The van der Waals surface area contributed by atoms with Gasteiger partial charge in [0.2, 0.25) is 5.95 Å². The highest BCUT2D eigenvalue weighted by Gasteiger charge is 2.24. The van der Waals surface area contributed by atoms with Gasteiger partial charge in [-0.25, -0.2) is 9.97 Å². The van der Waals surface area contributed by atoms with Crippen LogP contribution in [-0.4, -0.2) is 14.5 Å². The zero-order chi connectivity index (χ0) is 33.2. The fourth-order valence-corrected chi connectivity index (χ4v) is 9.68. The molecule has 0 spiro atoms. The molecular formula is C46H25N3OS. The van der Waals surface area contributed by atoms with Crippen molar-refractivity contribution in [3.8, 4) is 17.2 Å². The highest BCUT2D eigenvalue weighted by Crippen LogP contribution is 2.49. The van der Waals surface area contributed by atoms with Crippen LogP contribution in [0.5, 0.6) is 0 Å². The summed E-state index contributed by atoms with van der Waals surface area (Å²) in [5.41, 5.74) is 6.73. The molecule has 0 aliphatic rings. The standard InChI is InChI=1S/C46H25N3OS/c1-2-12-28-26(11-1)22-24-39-41(28)42-32-15-4-3-14-31(32)40-34-17-6-9-19-36(34)49(44(40)45(42)51-39)46-47-35-18-8-5-16-33(35)43(48-46)27-21-23-30-29-13-7-10-20-37(29)50-38(30)25-27/h1-25H. The average Bonchev–Trinajstić information content (AvgIpc) is 3.87. The summed E-state index contributed by atoms with van der Waals surface area (Å²) in [6.45, 7) is 0. The smallest absolute Gasteiger partial charge is 0.235 e. The van der Waals surface area contributed by atoms with Crippen molar-refractivity contribution in [1.82, 2.24) is 14.5 Å². The third-order valence-corrected chi connectivity index (χ3v) is 11.7. The van der Waals surface area contributed by atoms with Crippen LogP contribution in [0.15, 0.2) is 156 Å². The van der Waals surface area contributed by atoms with Crippen LogP contribution in [0.2, 0.25) is 0 Å². The van der Waals surface area contributed by atoms with Gasteiger partial charge >= 0.3 is 0 Å². The molecule has 0 bridgehead atoms. The van der Waals surface area contributed by atoms with Crippen LogP contribution in [0.25, 0.3) is 114 Å². The Morgan fingerprint density at radius 3 is 2.06 bits per heavy atom. The van der Waals surface area contributed by atoms with E-state index in [9.17, 15) is 0 Å². The van der Waals surface area contributed by atoms with Crippen molar-refractivity contribution in [2.75, 3.05) is 0 Å². The molecule has 0 N–H and O–H groups in total. The van der Waals surface area contributed by atoms with E-state index >= 15 is 0 Å². The number of hydrogen-bond donors (Lipinski definition) is 0. The first-order valence-electron chi connectivity index (χ1n) is 17.2. The maximum atomic E-state index is 6.35. The van der Waals surface area contributed by atoms with E-state index < -0.39 is 0 Å². The normalized spacial score (nSPS) is 12.3. The Labute approximate surface area is 294 Å². The second kappa shape index (κ2) is 10.0. The molecular weight excluding hydrogens is 643 g/mol. The minimum atomic E-state index is 0.651. The van der Waals surface area contributed by atoms with Crippen molar-refractivity contribution < 1.29 is 4.42 Å². The van der Waals surface area contributed by atoms with Crippen molar-refractivity contribution in [2.24, 2.45) is 0 Å². The molecule has 0 saturated heterocycles. The molecule has 0 atom stereocenters. The minimum Gasteiger partial charge on any atom is -0.456 e. The molecule has 4 nitrogen and oxygen atoms in total. The van der Waals surface area contributed by atoms with Crippen LogP contribution >= 0.6 is 11.3 Å². The van der Waals surface area contributed by atoms with Crippen LogP contribution in [0.1, 0.15) is 0 Å². The summed E-state index contributed by atoms with van der Waals surface area (Å²) < 4.78 is 11.2. The van der Waals surface area contributed by atoms with E-state index in [1.54, 1.807) is 0 Å². The summed E-state index contributed by atoms with van der Waals surface area (Å²) in [7, 11) is 0. The first-order valence-corrected chi connectivity index (χ1v) is 18.0. The average molecular weight is 668 g/mol. The van der Waals surface area contributed by atoms with E-state index in [0.29, 0.717) is 5.95 Å². The molecule has 5 heteroatoms. The Kier molecular flexibility index (Phi) is 5.35. The predicted molar refractivity (Wildman–Crippen MR) is 214 cm³/mol. The summed E-state index contributed by atoms with van der Waals surface area (Å²) in [5.74, 6) is 0.651. The fourth-order valence-electron chi connectivity index (χ4n) is 8.40. The molecule has 0 saturated carbocycles. The van der Waals surface area contributed by atoms with Gasteiger partial charge < -0.3 is 4.42 Å². The number of para-hydroxylation sites is 3. The van der Waals surface area contributed by atoms with E-state index in [4.69, 9.17) is 14.4 Å². The summed E-state index contributed by atoms with van der Waals surface area (Å²) in [4.78, 5) is 10.8. The Morgan fingerprint density at radius 2 is 1.18 bits per heavy atom. The summed E-state index contributed by atoms with van der Waals surface area (Å²) in [6.07, 6.45) is 0. The van der Waals surface area contributed by atoms with Gasteiger partial charge in [0.15, 0.2) is 0 Å². The second-order valence-electron chi connectivity index (χ2n) is 13.3. The van der Waals surface area contributed by atoms with Gasteiger partial charge in [0.25, 0.3) is 0 Å². The molecule has 51 heavy (non-hydrogen) atoms. The van der Waals surface area contributed by atoms with Crippen molar-refractivity contribution in [3.63, 3.8) is 0 Å². The van der Waals surface area contributed by atoms with E-state index in [0.717, 1.165) is 55.1 Å². The van der Waals surface area contributed by atoms with Gasteiger partial charge in [0.05, 0.1) is 26.9 Å². The molecule has 0 aliphatic carbocycles. The maximum absolute atomic E-state index is 6.35. The molecule has 0 aliphatic heterocycles. The number of nitrogens with zero attached hydrogens (tertiary/aromatic N) is 3. The van der Waals surface area contributed by atoms with Crippen molar-refractivity contribution in [2.45, 2.75) is 0 Å². The van der Waals surface area contributed by atoms with E-state index in [-0.39, 0.29) is 0 Å². The molecule has 8 aromatic carbocycles. The number of furan rings is 1. The number of benzene rings is 8. The van der Waals surface area contributed by atoms with Crippen LogP contribution in [0.3, 0.4) is 0 Å². The van der Waals surface area contributed by atoms with Crippen LogP contribution < -0.4 is 0 Å². The number of thiophene rings is 1. The minimum absolute atomic E-state index is 0.651. The fraction of sp³-hybridized carbons (Fsp3) is 0. The lowest BCUT2D eigenvalue weighted by Gasteiger charge is -2.12. The number of fused-ring (bicyclic) bond motifs is 16. The quantitative estimate of drug-likeness (QED) is 0.184. The van der Waals surface area contributed by atoms with Gasteiger partial charge in [0.1, 0.15) is 11.2 Å². The first-order chi connectivity index (χ1) is 25.3. The van der Waals surface area contributed by atoms with Gasteiger partial charge in [-0.2, -0.15) is 0 Å². The number of hydrogen-bond acceptors (Lipinski definition) is 4. The van der Waals surface area contributed by atoms with Crippen molar-refractivity contribution in [3.05, 3.63) is 152 Å². The Balaban J connectivity index is 1.25. The zero-order valence-corrected chi connectivity index (χ0v) is 27.9. The topological polar surface area (TPSA) is 43.9 Å². The van der Waals surface area contributed by atoms with Gasteiger partial charge in [-0.1, -0.05) is 115 Å². The number of rotatable bonds is 2. The van der Waals surface area contributed by atoms with Crippen LogP contribution in [0, 0.1) is 0 Å². The van der Waals surface area contributed by atoms with Gasteiger partial charge in [0, 0.05) is 48.0 Å². The Morgan fingerprint density at radius 1 is 0.490 bits per heavy atom. The summed E-state index contributed by atoms with van der Waals surface area (Å²) in [6, 6.07) is 53.9. The van der Waals surface area contributed by atoms with Crippen LogP contribution in [-0.2, 0) is 0 Å². The van der Waals surface area contributed by atoms with Gasteiger partial charge in [-0.05, 0) is 57.9 Å². The summed E-state index contributed by atoms with van der Waals surface area (Å²) in [5, 5.41) is 13.3. The molecule has 0 amide bonds. The third kappa shape index (κ3) is 3.68. The van der Waals surface area contributed by atoms with E-state index in [2.05, 4.69) is 144 Å². The first kappa shape index (κ1) is 27.3. The molecule has 12 rings (SSSR count). The molecule has 4 aromatic heterocycles. The molecule has 0 fully saturated rings. The van der Waals surface area contributed by atoms with Crippen molar-refractivity contribution in [1.29, 1.82) is 0 Å². The highest BCUT2D eigenvalue weighted by atomic mass is 32.1. The molecule has 12 aromatic rings. The largest absolute Gasteiger partial charge is 0.456 e. The van der Waals surface area contributed by atoms with E-state index in [1.165, 1.54) is 52.5 Å². The second-order valence-corrected chi connectivity index (χ2v) is 14.3. The Bertz CT molecular complexity index is 3440. The predicted octanol–water partition coefficient (Wildman–Crippen LogP) is 13.0. The maximum Gasteiger partial charge on any atom is 0.235 e. The monoisotopic (exact) mass is 667 g/mol. The molecule has 0 unspecified atom stereocenters. The third-order valence-electron chi connectivity index (χ3n) is 10.6. The Hall–Kier alpha value is -6.56. The molecule has 4 heterocycles. The highest BCUT2D eigenvalue weighted by molar-refractivity contribution is 7.27. The van der Waals surface area contributed by atoms with Crippen molar-refractivity contribution >= 4 is 108 Å². The summed E-state index contributed by atoms with van der Waals surface area (Å²) >= 11 is 1.86. The molecule has 236 valence electrons. The van der Waals surface area contributed by atoms with Gasteiger partial charge in [-0.3, -0.25) is 4.57 Å². The lowest BCUT2D eigenvalue weighted by Crippen LogP contribution is -2.03. The van der Waals surface area contributed by atoms with E-state index in [1.807, 2.05) is 23.5 Å². The van der Waals surface area contributed by atoms with Crippen LogP contribution in [0.4, 0.5) is 0 Å². The SMILES string of the molecule is c1ccc2c(c1)ccc1sc3c(c4ccccc4c4c5ccccc5n(-c5nc(-c6ccc7c(c6)oc6ccccc67)c6ccccc6n5)c34)c12. The lowest BCUT2D eigenvalue weighted by molar-refractivity contribution is 0.669. The molecule has 0 radical (unpaired) electrons.